The largest absolute Gasteiger partial charge is 0.481 e. The van der Waals surface area contributed by atoms with Crippen molar-refractivity contribution in [1.82, 2.24) is 5.32 Å². The van der Waals surface area contributed by atoms with Crippen LogP contribution >= 0.6 is 0 Å². The molecule has 4 nitrogen and oxygen atoms in total. The summed E-state index contributed by atoms with van der Waals surface area (Å²) < 4.78 is 0. The van der Waals surface area contributed by atoms with Crippen LogP contribution < -0.4 is 5.32 Å². The van der Waals surface area contributed by atoms with Crippen molar-refractivity contribution in [3.8, 4) is 0 Å². The van der Waals surface area contributed by atoms with Crippen molar-refractivity contribution in [1.29, 1.82) is 0 Å². The molecule has 0 aliphatic carbocycles. The van der Waals surface area contributed by atoms with E-state index in [1.54, 1.807) is 13.8 Å². The van der Waals surface area contributed by atoms with Crippen molar-refractivity contribution in [2.24, 2.45) is 5.41 Å². The van der Waals surface area contributed by atoms with E-state index < -0.39 is 11.4 Å². The predicted octanol–water partition coefficient (Wildman–Crippen LogP) is 2.41. The van der Waals surface area contributed by atoms with Crippen LogP contribution in [0.4, 0.5) is 0 Å². The molecule has 0 saturated carbocycles. The van der Waals surface area contributed by atoms with Crippen molar-refractivity contribution in [3.05, 3.63) is 34.9 Å². The summed E-state index contributed by atoms with van der Waals surface area (Å²) in [4.78, 5) is 23.1. The third-order valence-electron chi connectivity index (χ3n) is 3.94. The lowest BCUT2D eigenvalue weighted by molar-refractivity contribution is -0.147. The van der Waals surface area contributed by atoms with Crippen LogP contribution in [0, 0.1) is 5.41 Å². The van der Waals surface area contributed by atoms with Crippen molar-refractivity contribution in [2.45, 2.75) is 39.5 Å². The molecule has 1 amide bonds. The van der Waals surface area contributed by atoms with E-state index in [0.717, 1.165) is 36.1 Å². The van der Waals surface area contributed by atoms with Crippen LogP contribution in [0.5, 0.6) is 0 Å². The Morgan fingerprint density at radius 2 is 2.15 bits per heavy atom. The van der Waals surface area contributed by atoms with Crippen molar-refractivity contribution < 1.29 is 14.7 Å². The number of amides is 1. The summed E-state index contributed by atoms with van der Waals surface area (Å²) in [6.07, 6.45) is 3.10. The summed E-state index contributed by atoms with van der Waals surface area (Å²) in [5.41, 5.74) is 2.11. The minimum atomic E-state index is -0.787. The molecule has 0 spiro atoms. The monoisotopic (exact) mass is 275 g/mol. The Hall–Kier alpha value is -1.84. The van der Waals surface area contributed by atoms with Gasteiger partial charge < -0.3 is 10.4 Å². The average molecular weight is 275 g/mol. The molecular weight excluding hydrogens is 254 g/mol. The van der Waals surface area contributed by atoms with Crippen LogP contribution in [-0.2, 0) is 17.6 Å². The maximum atomic E-state index is 12.0. The van der Waals surface area contributed by atoms with Gasteiger partial charge in [-0.15, -0.1) is 0 Å². The van der Waals surface area contributed by atoms with Crippen LogP contribution in [0.2, 0.25) is 0 Å². The van der Waals surface area contributed by atoms with E-state index in [1.807, 2.05) is 18.2 Å². The minimum absolute atomic E-state index is 0.0168. The summed E-state index contributed by atoms with van der Waals surface area (Å²) in [7, 11) is 0. The first kappa shape index (κ1) is 14.6. The molecule has 1 aromatic rings. The average Bonchev–Trinajstić information content (AvgIpc) is 2.58. The highest BCUT2D eigenvalue weighted by atomic mass is 16.4. The molecule has 4 heteroatoms. The summed E-state index contributed by atoms with van der Waals surface area (Å²) in [5, 5.41) is 12.0. The molecule has 0 atom stereocenters. The van der Waals surface area contributed by atoms with Crippen LogP contribution in [-0.4, -0.2) is 23.5 Å². The molecule has 2 N–H and O–H groups in total. The van der Waals surface area contributed by atoms with Gasteiger partial charge in [0.1, 0.15) is 0 Å². The minimum Gasteiger partial charge on any atom is -0.481 e. The fourth-order valence-electron chi connectivity index (χ4n) is 2.35. The molecule has 0 saturated heterocycles. The lowest BCUT2D eigenvalue weighted by Crippen LogP contribution is -2.24. The van der Waals surface area contributed by atoms with Crippen LogP contribution in [0.1, 0.15) is 48.2 Å². The summed E-state index contributed by atoms with van der Waals surface area (Å²) in [6, 6.07) is 5.92. The maximum absolute atomic E-state index is 12.0. The first-order chi connectivity index (χ1) is 9.40. The lowest BCUT2D eigenvalue weighted by atomic mass is 9.86. The number of nitrogens with one attached hydrogen (secondary N) is 1. The number of carbonyl (C=O) groups is 2. The van der Waals surface area contributed by atoms with E-state index in [9.17, 15) is 9.59 Å². The van der Waals surface area contributed by atoms with Gasteiger partial charge in [0.05, 0.1) is 5.41 Å². The number of aliphatic carboxylic acids is 1. The highest BCUT2D eigenvalue weighted by Crippen LogP contribution is 2.24. The van der Waals surface area contributed by atoms with Gasteiger partial charge in [-0.3, -0.25) is 9.59 Å². The third kappa shape index (κ3) is 3.18. The number of carboxylic acid groups (broad SMARTS) is 1. The molecule has 0 aromatic heterocycles. The van der Waals surface area contributed by atoms with Gasteiger partial charge in [0.25, 0.3) is 5.91 Å². The molecule has 1 aliphatic rings. The van der Waals surface area contributed by atoms with Gasteiger partial charge >= 0.3 is 5.97 Å². The smallest absolute Gasteiger partial charge is 0.309 e. The zero-order valence-electron chi connectivity index (χ0n) is 12.0. The molecule has 0 unspecified atom stereocenters. The van der Waals surface area contributed by atoms with Crippen molar-refractivity contribution >= 4 is 11.9 Å². The fraction of sp³-hybridized carbons (Fsp3) is 0.500. The summed E-state index contributed by atoms with van der Waals surface area (Å²) >= 11 is 0. The van der Waals surface area contributed by atoms with Gasteiger partial charge in [-0.25, -0.2) is 0 Å². The molecule has 1 aromatic carbocycles. The molecule has 108 valence electrons. The van der Waals surface area contributed by atoms with Crippen LogP contribution in [0.3, 0.4) is 0 Å². The Morgan fingerprint density at radius 1 is 1.40 bits per heavy atom. The number of hydrogen-bond donors (Lipinski definition) is 2. The number of rotatable bonds is 4. The first-order valence-electron chi connectivity index (χ1n) is 7.03. The number of benzene rings is 1. The normalized spacial score (nSPS) is 15.2. The quantitative estimate of drug-likeness (QED) is 0.886. The molecule has 20 heavy (non-hydrogen) atoms. The van der Waals surface area contributed by atoms with E-state index in [1.165, 1.54) is 0 Å². The SMILES string of the molecule is CC(C)(CCc1ccc2c(c1)C(=O)NCCC2)C(=O)O. The van der Waals surface area contributed by atoms with Crippen molar-refractivity contribution in [2.75, 3.05) is 6.54 Å². The number of hydrogen-bond acceptors (Lipinski definition) is 2. The Kier molecular flexibility index (Phi) is 4.12. The Balaban J connectivity index is 2.15. The summed E-state index contributed by atoms with van der Waals surface area (Å²) in [6.45, 7) is 4.17. The Morgan fingerprint density at radius 3 is 2.85 bits per heavy atom. The topological polar surface area (TPSA) is 66.4 Å². The molecule has 2 rings (SSSR count). The zero-order chi connectivity index (χ0) is 14.8. The summed E-state index contributed by atoms with van der Waals surface area (Å²) in [5.74, 6) is -0.804. The van der Waals surface area contributed by atoms with Gasteiger partial charge in [-0.05, 0) is 56.7 Å². The Labute approximate surface area is 119 Å². The van der Waals surface area contributed by atoms with E-state index in [0.29, 0.717) is 12.8 Å². The number of carboxylic acids is 1. The number of carbonyl (C=O) groups excluding carboxylic acids is 1. The second-order valence-corrected chi connectivity index (χ2v) is 6.04. The van der Waals surface area contributed by atoms with E-state index >= 15 is 0 Å². The molecule has 1 heterocycles. The highest BCUT2D eigenvalue weighted by Gasteiger charge is 2.26. The highest BCUT2D eigenvalue weighted by molar-refractivity contribution is 5.96. The molecular formula is C16H21NO3. The standard InChI is InChI=1S/C16H21NO3/c1-16(2,15(19)20)8-7-11-5-6-12-4-3-9-17-14(18)13(12)10-11/h5-6,10H,3-4,7-9H2,1-2H3,(H,17,18)(H,19,20). The molecule has 0 fully saturated rings. The second kappa shape index (κ2) is 5.65. The van der Waals surface area contributed by atoms with Gasteiger partial charge in [0.2, 0.25) is 0 Å². The maximum Gasteiger partial charge on any atom is 0.309 e. The van der Waals surface area contributed by atoms with Crippen LogP contribution in [0.15, 0.2) is 18.2 Å². The fourth-order valence-corrected chi connectivity index (χ4v) is 2.35. The Bertz CT molecular complexity index is 535. The number of aryl methyl sites for hydroxylation is 2. The van der Waals surface area contributed by atoms with Gasteiger partial charge in [-0.2, -0.15) is 0 Å². The molecule has 0 radical (unpaired) electrons. The zero-order valence-corrected chi connectivity index (χ0v) is 12.0. The van der Waals surface area contributed by atoms with Gasteiger partial charge in [0, 0.05) is 12.1 Å². The third-order valence-corrected chi connectivity index (χ3v) is 3.94. The lowest BCUT2D eigenvalue weighted by Gasteiger charge is -2.19. The first-order valence-corrected chi connectivity index (χ1v) is 7.03. The molecule has 1 aliphatic heterocycles. The second-order valence-electron chi connectivity index (χ2n) is 6.04. The van der Waals surface area contributed by atoms with E-state index in [4.69, 9.17) is 5.11 Å². The van der Waals surface area contributed by atoms with Gasteiger partial charge in [-0.1, -0.05) is 12.1 Å². The predicted molar refractivity (Wildman–Crippen MR) is 76.8 cm³/mol. The van der Waals surface area contributed by atoms with E-state index in [2.05, 4.69) is 5.32 Å². The van der Waals surface area contributed by atoms with Crippen molar-refractivity contribution in [3.63, 3.8) is 0 Å². The van der Waals surface area contributed by atoms with Gasteiger partial charge in [0.15, 0.2) is 0 Å². The van der Waals surface area contributed by atoms with E-state index in [-0.39, 0.29) is 5.91 Å². The number of fused-ring (bicyclic) bond motifs is 1. The van der Waals surface area contributed by atoms with Crippen LogP contribution in [0.25, 0.3) is 0 Å². The molecule has 0 bridgehead atoms.